The molecule has 2 aliphatic carbocycles. The van der Waals surface area contributed by atoms with Crippen molar-refractivity contribution in [3.8, 4) is 0 Å². The van der Waals surface area contributed by atoms with Gasteiger partial charge < -0.3 is 15.0 Å². The lowest BCUT2D eigenvalue weighted by atomic mass is 10.1. The standard InChI is InChI=1S/C16H22N2O2/c19-11-12-7-8-13(10-12)17-16(20)15-6-3-9-18(15)14-4-1-2-5-14/h3,6-9,12-14,19H,1-2,4-5,10-11H2,(H,17,20)/t12-,13+/m0/s1. The number of rotatable bonds is 4. The molecule has 4 nitrogen and oxygen atoms in total. The Kier molecular flexibility index (Phi) is 3.92. The number of hydrogen-bond acceptors (Lipinski definition) is 2. The van der Waals surface area contributed by atoms with E-state index in [1.807, 2.05) is 30.5 Å². The molecule has 2 atom stereocenters. The van der Waals surface area contributed by atoms with Gasteiger partial charge >= 0.3 is 0 Å². The predicted octanol–water partition coefficient (Wildman–Crippen LogP) is 2.27. The van der Waals surface area contributed by atoms with Gasteiger partial charge in [-0.2, -0.15) is 0 Å². The summed E-state index contributed by atoms with van der Waals surface area (Å²) in [6.07, 6.45) is 11.7. The Balaban J connectivity index is 1.66. The summed E-state index contributed by atoms with van der Waals surface area (Å²) in [5.74, 6) is 0.178. The van der Waals surface area contributed by atoms with E-state index in [4.69, 9.17) is 5.11 Å². The van der Waals surface area contributed by atoms with Crippen molar-refractivity contribution in [1.29, 1.82) is 0 Å². The van der Waals surface area contributed by atoms with Gasteiger partial charge in [0.1, 0.15) is 5.69 Å². The van der Waals surface area contributed by atoms with Crippen LogP contribution in [0.25, 0.3) is 0 Å². The number of nitrogens with one attached hydrogen (secondary N) is 1. The van der Waals surface area contributed by atoms with Gasteiger partial charge in [0, 0.05) is 30.8 Å². The van der Waals surface area contributed by atoms with Crippen LogP contribution >= 0.6 is 0 Å². The zero-order valence-corrected chi connectivity index (χ0v) is 11.7. The number of nitrogens with zero attached hydrogens (tertiary/aromatic N) is 1. The van der Waals surface area contributed by atoms with Gasteiger partial charge in [-0.3, -0.25) is 4.79 Å². The van der Waals surface area contributed by atoms with Crippen LogP contribution in [0.15, 0.2) is 30.5 Å². The van der Waals surface area contributed by atoms with Crippen molar-refractivity contribution >= 4 is 5.91 Å². The summed E-state index contributed by atoms with van der Waals surface area (Å²) in [5.41, 5.74) is 0.762. The number of aliphatic hydroxyl groups is 1. The van der Waals surface area contributed by atoms with E-state index in [1.165, 1.54) is 25.7 Å². The number of hydrogen-bond donors (Lipinski definition) is 2. The van der Waals surface area contributed by atoms with Gasteiger partial charge in [0.25, 0.3) is 5.91 Å². The SMILES string of the molecule is O=C(N[C@@H]1C=C[C@H](CO)C1)c1cccn1C1CCCC1. The molecule has 1 aromatic heterocycles. The third kappa shape index (κ3) is 2.66. The molecule has 0 bridgehead atoms. The van der Waals surface area contributed by atoms with Crippen LogP contribution in [0.4, 0.5) is 0 Å². The molecule has 2 N–H and O–H groups in total. The van der Waals surface area contributed by atoms with Crippen molar-refractivity contribution < 1.29 is 9.90 Å². The van der Waals surface area contributed by atoms with Crippen molar-refractivity contribution in [3.05, 3.63) is 36.2 Å². The number of carbonyl (C=O) groups is 1. The molecule has 0 aromatic carbocycles. The largest absolute Gasteiger partial charge is 0.396 e. The van der Waals surface area contributed by atoms with E-state index in [9.17, 15) is 4.79 Å². The average Bonchev–Trinajstić information content (AvgIpc) is 3.19. The fourth-order valence-electron chi connectivity index (χ4n) is 3.35. The fraction of sp³-hybridized carbons (Fsp3) is 0.562. The van der Waals surface area contributed by atoms with Crippen molar-refractivity contribution in [3.63, 3.8) is 0 Å². The molecule has 1 fully saturated rings. The molecule has 0 saturated heterocycles. The summed E-state index contributed by atoms with van der Waals surface area (Å²) in [5, 5.41) is 12.2. The van der Waals surface area contributed by atoms with Crippen LogP contribution < -0.4 is 5.32 Å². The van der Waals surface area contributed by atoms with E-state index in [0.717, 1.165) is 12.1 Å². The lowest BCUT2D eigenvalue weighted by Gasteiger charge is -2.18. The second kappa shape index (κ2) is 5.83. The Morgan fingerprint density at radius 2 is 2.15 bits per heavy atom. The summed E-state index contributed by atoms with van der Waals surface area (Å²) >= 11 is 0. The van der Waals surface area contributed by atoms with Crippen LogP contribution in [0.5, 0.6) is 0 Å². The number of aliphatic hydroxyl groups excluding tert-OH is 1. The van der Waals surface area contributed by atoms with E-state index in [-0.39, 0.29) is 24.5 Å². The second-order valence-electron chi connectivity index (χ2n) is 5.88. The van der Waals surface area contributed by atoms with Crippen molar-refractivity contribution in [2.45, 2.75) is 44.2 Å². The van der Waals surface area contributed by atoms with E-state index in [2.05, 4.69) is 9.88 Å². The topological polar surface area (TPSA) is 54.3 Å². The lowest BCUT2D eigenvalue weighted by molar-refractivity contribution is 0.0929. The van der Waals surface area contributed by atoms with Crippen LogP contribution in [0.1, 0.15) is 48.6 Å². The average molecular weight is 274 g/mol. The molecule has 1 aromatic rings. The highest BCUT2D eigenvalue weighted by atomic mass is 16.3. The Bertz CT molecular complexity index is 500. The highest BCUT2D eigenvalue weighted by molar-refractivity contribution is 5.93. The minimum absolute atomic E-state index is 0.00450. The quantitative estimate of drug-likeness (QED) is 0.828. The molecular formula is C16H22N2O2. The molecule has 108 valence electrons. The van der Waals surface area contributed by atoms with Crippen LogP contribution in [0, 0.1) is 5.92 Å². The predicted molar refractivity (Wildman–Crippen MR) is 77.5 cm³/mol. The van der Waals surface area contributed by atoms with Crippen LogP contribution in [-0.2, 0) is 0 Å². The van der Waals surface area contributed by atoms with Gasteiger partial charge in [0.2, 0.25) is 0 Å². The van der Waals surface area contributed by atoms with Gasteiger partial charge in [-0.05, 0) is 31.4 Å². The molecule has 4 heteroatoms. The maximum absolute atomic E-state index is 12.4. The number of amides is 1. The first kappa shape index (κ1) is 13.4. The van der Waals surface area contributed by atoms with Crippen LogP contribution in [0.2, 0.25) is 0 Å². The van der Waals surface area contributed by atoms with Crippen molar-refractivity contribution in [2.75, 3.05) is 6.61 Å². The van der Waals surface area contributed by atoms with E-state index < -0.39 is 0 Å². The van der Waals surface area contributed by atoms with Gasteiger partial charge in [-0.1, -0.05) is 25.0 Å². The summed E-state index contributed by atoms with van der Waals surface area (Å²) in [6.45, 7) is 0.154. The number of aromatic nitrogens is 1. The maximum Gasteiger partial charge on any atom is 0.268 e. The molecule has 1 amide bonds. The zero-order chi connectivity index (χ0) is 13.9. The molecule has 2 aliphatic rings. The highest BCUT2D eigenvalue weighted by Gasteiger charge is 2.24. The molecule has 0 aliphatic heterocycles. The third-order valence-corrected chi connectivity index (χ3v) is 4.45. The second-order valence-corrected chi connectivity index (χ2v) is 5.88. The molecule has 3 rings (SSSR count). The summed E-state index contributed by atoms with van der Waals surface area (Å²) in [6, 6.07) is 4.38. The third-order valence-electron chi connectivity index (χ3n) is 4.45. The van der Waals surface area contributed by atoms with Crippen LogP contribution in [-0.4, -0.2) is 28.2 Å². The molecule has 1 heterocycles. The minimum Gasteiger partial charge on any atom is -0.396 e. The van der Waals surface area contributed by atoms with E-state index in [1.54, 1.807) is 0 Å². The summed E-state index contributed by atoms with van der Waals surface area (Å²) in [4.78, 5) is 12.4. The molecule has 0 unspecified atom stereocenters. The Hall–Kier alpha value is -1.55. The Morgan fingerprint density at radius 3 is 2.85 bits per heavy atom. The van der Waals surface area contributed by atoms with Crippen molar-refractivity contribution in [2.24, 2.45) is 5.92 Å². The van der Waals surface area contributed by atoms with Gasteiger partial charge in [-0.15, -0.1) is 0 Å². The summed E-state index contributed by atoms with van der Waals surface area (Å²) < 4.78 is 2.13. The monoisotopic (exact) mass is 274 g/mol. The maximum atomic E-state index is 12.4. The smallest absolute Gasteiger partial charge is 0.268 e. The van der Waals surface area contributed by atoms with E-state index >= 15 is 0 Å². The van der Waals surface area contributed by atoms with Crippen LogP contribution in [0.3, 0.4) is 0 Å². The van der Waals surface area contributed by atoms with E-state index in [0.29, 0.717) is 6.04 Å². The molecule has 0 radical (unpaired) electrons. The first-order chi connectivity index (χ1) is 9.78. The first-order valence-electron chi connectivity index (χ1n) is 7.55. The first-order valence-corrected chi connectivity index (χ1v) is 7.55. The Morgan fingerprint density at radius 1 is 1.35 bits per heavy atom. The normalized spacial score (nSPS) is 26.2. The van der Waals surface area contributed by atoms with Gasteiger partial charge in [-0.25, -0.2) is 0 Å². The molecule has 20 heavy (non-hydrogen) atoms. The molecule has 0 spiro atoms. The molecular weight excluding hydrogens is 252 g/mol. The minimum atomic E-state index is -0.00450. The summed E-state index contributed by atoms with van der Waals surface area (Å²) in [7, 11) is 0. The Labute approximate surface area is 119 Å². The van der Waals surface area contributed by atoms with Gasteiger partial charge in [0.15, 0.2) is 0 Å². The van der Waals surface area contributed by atoms with Crippen molar-refractivity contribution in [1.82, 2.24) is 9.88 Å². The zero-order valence-electron chi connectivity index (χ0n) is 11.7. The molecule has 1 saturated carbocycles. The highest BCUT2D eigenvalue weighted by Crippen LogP contribution is 2.30. The number of carbonyl (C=O) groups excluding carboxylic acids is 1. The fourth-order valence-corrected chi connectivity index (χ4v) is 3.35. The van der Waals surface area contributed by atoms with Gasteiger partial charge in [0.05, 0.1) is 0 Å². The lowest BCUT2D eigenvalue weighted by Crippen LogP contribution is -2.34.